The lowest BCUT2D eigenvalue weighted by Crippen LogP contribution is -2.43. The van der Waals surface area contributed by atoms with Gasteiger partial charge >= 0.3 is 0 Å². The number of halogens is 1. The van der Waals surface area contributed by atoms with Crippen molar-refractivity contribution < 1.29 is 33.5 Å². The summed E-state index contributed by atoms with van der Waals surface area (Å²) in [5, 5.41) is 26.0. The molecular weight excluding hydrogens is 469 g/mol. The minimum atomic E-state index is -1.08. The number of benzene rings is 2. The molecule has 0 unspecified atom stereocenters. The molecule has 1 heterocycles. The third kappa shape index (κ3) is 5.00. The van der Waals surface area contributed by atoms with E-state index in [1.165, 1.54) is 12.1 Å². The molecule has 2 aliphatic rings. The van der Waals surface area contributed by atoms with Gasteiger partial charge in [-0.05, 0) is 69.0 Å². The molecule has 2 aliphatic carbocycles. The largest absolute Gasteiger partial charge is 0.481 e. The van der Waals surface area contributed by atoms with Gasteiger partial charge in [-0.25, -0.2) is 4.39 Å². The molecule has 0 aliphatic heterocycles. The van der Waals surface area contributed by atoms with Crippen molar-refractivity contribution in [2.45, 2.75) is 57.0 Å². The summed E-state index contributed by atoms with van der Waals surface area (Å²) in [5.41, 5.74) is 0.774. The number of aliphatic hydroxyl groups excluding tert-OH is 2. The van der Waals surface area contributed by atoms with Gasteiger partial charge in [0.25, 0.3) is 11.8 Å². The van der Waals surface area contributed by atoms with Gasteiger partial charge in [-0.2, -0.15) is 4.98 Å². The first kappa shape index (κ1) is 24.1. The standard InChI is InChI=1S/C26H26FN3O6/c1-13(35-17-7-4-15(5-8-17)22(32)14-2-3-14)26-29-24(30-36-26)16-6-9-18(19(27)12-16)25(34)28-20-10-11-21(31)23(20)33/h4-9,12-14,20-21,23,31,33H,2-3,10-11H2,1H3,(H,28,34)/t13-,20-,21+,23-/m1/s1. The van der Waals surface area contributed by atoms with E-state index in [-0.39, 0.29) is 29.0 Å². The normalized spacial score (nSPS) is 22.3. The number of amides is 1. The van der Waals surface area contributed by atoms with E-state index in [9.17, 15) is 24.2 Å². The van der Waals surface area contributed by atoms with Crippen molar-refractivity contribution in [1.29, 1.82) is 0 Å². The highest BCUT2D eigenvalue weighted by molar-refractivity contribution is 5.99. The van der Waals surface area contributed by atoms with Crippen LogP contribution in [0.15, 0.2) is 47.0 Å². The maximum absolute atomic E-state index is 14.7. The molecule has 0 bridgehead atoms. The molecule has 2 saturated carbocycles. The molecule has 36 heavy (non-hydrogen) atoms. The van der Waals surface area contributed by atoms with Crippen molar-refractivity contribution in [2.75, 3.05) is 0 Å². The number of ketones is 1. The highest BCUT2D eigenvalue weighted by atomic mass is 19.1. The molecule has 2 fully saturated rings. The molecule has 188 valence electrons. The lowest BCUT2D eigenvalue weighted by Gasteiger charge is -2.18. The van der Waals surface area contributed by atoms with Gasteiger partial charge in [0, 0.05) is 17.0 Å². The number of ether oxygens (including phenoxy) is 1. The number of aliphatic hydroxyl groups is 2. The Balaban J connectivity index is 1.23. The van der Waals surface area contributed by atoms with Crippen molar-refractivity contribution in [3.63, 3.8) is 0 Å². The Morgan fingerprint density at radius 3 is 2.50 bits per heavy atom. The first-order valence-electron chi connectivity index (χ1n) is 11.9. The monoisotopic (exact) mass is 495 g/mol. The van der Waals surface area contributed by atoms with Crippen LogP contribution in [0.2, 0.25) is 0 Å². The predicted molar refractivity (Wildman–Crippen MR) is 125 cm³/mol. The van der Waals surface area contributed by atoms with Crippen LogP contribution >= 0.6 is 0 Å². The molecule has 1 amide bonds. The average molecular weight is 496 g/mol. The highest BCUT2D eigenvalue weighted by Crippen LogP contribution is 2.33. The van der Waals surface area contributed by atoms with Crippen LogP contribution in [-0.4, -0.2) is 50.3 Å². The summed E-state index contributed by atoms with van der Waals surface area (Å²) in [6, 6.07) is 10.2. The van der Waals surface area contributed by atoms with E-state index in [1.54, 1.807) is 31.2 Å². The summed E-state index contributed by atoms with van der Waals surface area (Å²) in [5.74, 6) is -0.315. The first-order chi connectivity index (χ1) is 17.3. The second kappa shape index (κ2) is 9.79. The summed E-state index contributed by atoms with van der Waals surface area (Å²) in [6.45, 7) is 1.73. The molecule has 3 N–H and O–H groups in total. The summed E-state index contributed by atoms with van der Waals surface area (Å²) in [6.07, 6.45) is 0.0772. The molecule has 1 aromatic heterocycles. The molecular formula is C26H26FN3O6. The zero-order valence-corrected chi connectivity index (χ0v) is 19.6. The summed E-state index contributed by atoms with van der Waals surface area (Å²) < 4.78 is 25.9. The molecule has 9 nitrogen and oxygen atoms in total. The van der Waals surface area contributed by atoms with E-state index in [4.69, 9.17) is 9.26 Å². The van der Waals surface area contributed by atoms with Crippen molar-refractivity contribution >= 4 is 11.7 Å². The zero-order valence-electron chi connectivity index (χ0n) is 19.6. The number of nitrogens with one attached hydrogen (secondary N) is 1. The van der Waals surface area contributed by atoms with Gasteiger partial charge < -0.3 is 24.8 Å². The number of hydrogen-bond donors (Lipinski definition) is 3. The van der Waals surface area contributed by atoms with Gasteiger partial charge in [-0.1, -0.05) is 11.2 Å². The van der Waals surface area contributed by atoms with Crippen LogP contribution in [0, 0.1) is 11.7 Å². The van der Waals surface area contributed by atoms with Gasteiger partial charge in [0.2, 0.25) is 5.82 Å². The van der Waals surface area contributed by atoms with Crippen LogP contribution in [0.4, 0.5) is 4.39 Å². The fraction of sp³-hybridized carbons (Fsp3) is 0.385. The van der Waals surface area contributed by atoms with E-state index in [0.29, 0.717) is 29.7 Å². The quantitative estimate of drug-likeness (QED) is 0.406. The zero-order chi connectivity index (χ0) is 25.4. The van der Waals surface area contributed by atoms with Crippen LogP contribution in [0.25, 0.3) is 11.4 Å². The molecule has 2 aromatic carbocycles. The summed E-state index contributed by atoms with van der Waals surface area (Å²) in [7, 11) is 0. The second-order valence-electron chi connectivity index (χ2n) is 9.29. The fourth-order valence-corrected chi connectivity index (χ4v) is 4.25. The van der Waals surface area contributed by atoms with Gasteiger partial charge in [0.1, 0.15) is 17.7 Å². The van der Waals surface area contributed by atoms with Crippen LogP contribution in [0.5, 0.6) is 5.75 Å². The predicted octanol–water partition coefficient (Wildman–Crippen LogP) is 3.22. The molecule has 3 aromatic rings. The average Bonchev–Trinajstić information content (AvgIpc) is 3.52. The van der Waals surface area contributed by atoms with E-state index in [1.807, 2.05) is 0 Å². The Kier molecular flexibility index (Phi) is 6.55. The van der Waals surface area contributed by atoms with Crippen molar-refractivity contribution in [2.24, 2.45) is 5.92 Å². The second-order valence-corrected chi connectivity index (χ2v) is 9.29. The van der Waals surface area contributed by atoms with E-state index in [0.717, 1.165) is 18.9 Å². The number of hydrogen-bond acceptors (Lipinski definition) is 8. The van der Waals surface area contributed by atoms with Gasteiger partial charge in [0.05, 0.1) is 17.7 Å². The minimum absolute atomic E-state index is 0.131. The smallest absolute Gasteiger partial charge is 0.267 e. The lowest BCUT2D eigenvalue weighted by atomic mass is 10.1. The maximum Gasteiger partial charge on any atom is 0.267 e. The van der Waals surface area contributed by atoms with Crippen LogP contribution < -0.4 is 10.1 Å². The minimum Gasteiger partial charge on any atom is -0.481 e. The molecule has 4 atom stereocenters. The highest BCUT2D eigenvalue weighted by Gasteiger charge is 2.35. The lowest BCUT2D eigenvalue weighted by molar-refractivity contribution is 0.0296. The topological polar surface area (TPSA) is 135 Å². The Morgan fingerprint density at radius 2 is 1.86 bits per heavy atom. The molecule has 0 saturated heterocycles. The maximum atomic E-state index is 14.7. The van der Waals surface area contributed by atoms with Crippen LogP contribution in [0.3, 0.4) is 0 Å². The fourth-order valence-electron chi connectivity index (χ4n) is 4.25. The van der Waals surface area contributed by atoms with Gasteiger partial charge in [0.15, 0.2) is 11.9 Å². The number of carbonyl (C=O) groups is 2. The molecule has 0 radical (unpaired) electrons. The first-order valence-corrected chi connectivity index (χ1v) is 11.9. The number of aromatic nitrogens is 2. The van der Waals surface area contributed by atoms with E-state index < -0.39 is 36.1 Å². The Morgan fingerprint density at radius 1 is 1.11 bits per heavy atom. The van der Waals surface area contributed by atoms with Crippen molar-refractivity contribution in [3.8, 4) is 17.1 Å². The number of Topliss-reactive ketones (excluding diaryl/α,β-unsaturated/α-hetero) is 1. The molecule has 10 heteroatoms. The van der Waals surface area contributed by atoms with Crippen LogP contribution in [-0.2, 0) is 0 Å². The van der Waals surface area contributed by atoms with Crippen LogP contribution in [0.1, 0.15) is 65.3 Å². The van der Waals surface area contributed by atoms with Crippen molar-refractivity contribution in [3.05, 3.63) is 65.3 Å². The third-order valence-electron chi connectivity index (χ3n) is 6.56. The number of rotatable bonds is 8. The number of nitrogens with zero attached hydrogens (tertiary/aromatic N) is 2. The third-order valence-corrected chi connectivity index (χ3v) is 6.56. The van der Waals surface area contributed by atoms with Gasteiger partial charge in [-0.3, -0.25) is 9.59 Å². The Bertz CT molecular complexity index is 1270. The van der Waals surface area contributed by atoms with E-state index >= 15 is 0 Å². The SMILES string of the molecule is C[C@@H](Oc1ccc(C(=O)C2CC2)cc1)c1nc(-c2ccc(C(=O)N[C@@H]3CC[C@H](O)[C@@H]3O)c(F)c2)no1. The van der Waals surface area contributed by atoms with Gasteiger partial charge in [-0.15, -0.1) is 0 Å². The summed E-state index contributed by atoms with van der Waals surface area (Å²) in [4.78, 5) is 28.9. The molecule has 5 rings (SSSR count). The summed E-state index contributed by atoms with van der Waals surface area (Å²) >= 11 is 0. The number of carbonyl (C=O) groups excluding carboxylic acids is 2. The van der Waals surface area contributed by atoms with E-state index in [2.05, 4.69) is 15.5 Å². The van der Waals surface area contributed by atoms with Crippen molar-refractivity contribution in [1.82, 2.24) is 15.5 Å². The Labute approximate surface area is 206 Å². The molecule has 0 spiro atoms. The Hall–Kier alpha value is -3.63.